The highest BCUT2D eigenvalue weighted by Crippen LogP contribution is 2.34. The fourth-order valence-electron chi connectivity index (χ4n) is 3.27. The molecule has 6 nitrogen and oxygen atoms in total. The number of hydrogen-bond acceptors (Lipinski definition) is 4. The van der Waals surface area contributed by atoms with Crippen molar-refractivity contribution in [2.24, 2.45) is 0 Å². The van der Waals surface area contributed by atoms with Gasteiger partial charge in [0, 0.05) is 24.0 Å². The molecule has 4 rings (SSSR count). The van der Waals surface area contributed by atoms with E-state index in [1.807, 2.05) is 30.3 Å². The molecule has 0 spiro atoms. The number of para-hydroxylation sites is 2. The van der Waals surface area contributed by atoms with Gasteiger partial charge in [-0.15, -0.1) is 0 Å². The largest absolute Gasteiger partial charge is 0.350 e. The Bertz CT molecular complexity index is 1240. The number of rotatable bonds is 5. The maximum atomic E-state index is 12.9. The second kappa shape index (κ2) is 8.86. The molecule has 0 saturated heterocycles. The summed E-state index contributed by atoms with van der Waals surface area (Å²) in [4.78, 5) is 40.7. The Morgan fingerprint density at radius 1 is 0.844 bits per heavy atom. The van der Waals surface area contributed by atoms with E-state index in [0.717, 1.165) is 10.6 Å². The highest BCUT2D eigenvalue weighted by Gasteiger charge is 2.39. The number of hydrogen-bond donors (Lipinski definition) is 1. The first-order valence-electron chi connectivity index (χ1n) is 9.61. The van der Waals surface area contributed by atoms with E-state index in [0.29, 0.717) is 11.3 Å². The van der Waals surface area contributed by atoms with E-state index in [1.165, 1.54) is 0 Å². The highest BCUT2D eigenvalue weighted by molar-refractivity contribution is 6.53. The van der Waals surface area contributed by atoms with Gasteiger partial charge in [-0.3, -0.25) is 14.4 Å². The molecule has 0 fully saturated rings. The molecule has 3 aromatic rings. The standard InChI is InChI=1S/C24H17Cl2N3O3/c1-28(17-7-3-2-4-8-17)22(30)15-11-13-16(14-12-15)27-21-20(26)23(31)29(24(21)32)19-10-6-5-9-18(19)25/h2-14,27H,1H3. The number of imide groups is 1. The van der Waals surface area contributed by atoms with Gasteiger partial charge in [0.2, 0.25) is 0 Å². The minimum absolute atomic E-state index is 0.0583. The molecule has 8 heteroatoms. The Labute approximate surface area is 194 Å². The summed E-state index contributed by atoms with van der Waals surface area (Å²) < 4.78 is 0. The Morgan fingerprint density at radius 3 is 2.12 bits per heavy atom. The fourth-order valence-corrected chi connectivity index (χ4v) is 3.70. The Kier molecular flexibility index (Phi) is 5.99. The number of nitrogens with one attached hydrogen (secondary N) is 1. The van der Waals surface area contributed by atoms with E-state index in [1.54, 1.807) is 60.5 Å². The van der Waals surface area contributed by atoms with E-state index < -0.39 is 11.8 Å². The quantitative estimate of drug-likeness (QED) is 0.535. The number of anilines is 3. The number of carbonyl (C=O) groups excluding carboxylic acids is 3. The molecule has 0 aliphatic carbocycles. The van der Waals surface area contributed by atoms with Gasteiger partial charge in [0.15, 0.2) is 0 Å². The number of amides is 3. The van der Waals surface area contributed by atoms with Crippen LogP contribution >= 0.6 is 23.2 Å². The minimum Gasteiger partial charge on any atom is -0.350 e. The molecular formula is C24H17Cl2N3O3. The topological polar surface area (TPSA) is 69.7 Å². The zero-order chi connectivity index (χ0) is 22.8. The number of halogens is 2. The van der Waals surface area contributed by atoms with Gasteiger partial charge in [-0.05, 0) is 48.5 Å². The summed E-state index contributed by atoms with van der Waals surface area (Å²) in [5.74, 6) is -1.46. The average Bonchev–Trinajstić information content (AvgIpc) is 3.02. The molecule has 1 aliphatic heterocycles. The van der Waals surface area contributed by atoms with Crippen molar-refractivity contribution >= 4 is 58.0 Å². The van der Waals surface area contributed by atoms with Crippen LogP contribution in [0.2, 0.25) is 5.02 Å². The van der Waals surface area contributed by atoms with Crippen molar-refractivity contribution in [1.29, 1.82) is 0 Å². The Morgan fingerprint density at radius 2 is 1.47 bits per heavy atom. The van der Waals surface area contributed by atoms with E-state index in [2.05, 4.69) is 5.32 Å². The van der Waals surface area contributed by atoms with Crippen LogP contribution < -0.4 is 15.1 Å². The molecule has 0 aromatic heterocycles. The molecule has 0 unspecified atom stereocenters. The van der Waals surface area contributed by atoms with Crippen molar-refractivity contribution in [3.05, 3.63) is 100 Å². The fraction of sp³-hybridized carbons (Fsp3) is 0.0417. The van der Waals surface area contributed by atoms with E-state index in [9.17, 15) is 14.4 Å². The summed E-state index contributed by atoms with van der Waals surface area (Å²) in [5.41, 5.74) is 1.93. The second-order valence-electron chi connectivity index (χ2n) is 6.99. The number of nitrogens with zero attached hydrogens (tertiary/aromatic N) is 2. The average molecular weight is 466 g/mol. The predicted molar refractivity (Wildman–Crippen MR) is 126 cm³/mol. The van der Waals surface area contributed by atoms with Gasteiger partial charge in [-0.1, -0.05) is 53.5 Å². The molecule has 0 saturated carbocycles. The van der Waals surface area contributed by atoms with E-state index in [-0.39, 0.29) is 27.3 Å². The Hall–Kier alpha value is -3.61. The summed E-state index contributed by atoms with van der Waals surface area (Å²) in [6.07, 6.45) is 0. The Balaban J connectivity index is 1.52. The summed E-state index contributed by atoms with van der Waals surface area (Å²) >= 11 is 12.3. The molecule has 0 radical (unpaired) electrons. The molecule has 160 valence electrons. The van der Waals surface area contributed by atoms with Crippen LogP contribution in [0.25, 0.3) is 0 Å². The SMILES string of the molecule is CN(C(=O)c1ccc(NC2=C(Cl)C(=O)N(c3ccccc3Cl)C2=O)cc1)c1ccccc1. The molecule has 3 amide bonds. The van der Waals surface area contributed by atoms with Crippen LogP contribution in [0.5, 0.6) is 0 Å². The highest BCUT2D eigenvalue weighted by atomic mass is 35.5. The zero-order valence-corrected chi connectivity index (χ0v) is 18.4. The van der Waals surface area contributed by atoms with Gasteiger partial charge < -0.3 is 10.2 Å². The maximum Gasteiger partial charge on any atom is 0.283 e. The van der Waals surface area contributed by atoms with E-state index in [4.69, 9.17) is 23.2 Å². The molecule has 0 atom stereocenters. The van der Waals surface area contributed by atoms with Crippen LogP contribution in [-0.2, 0) is 9.59 Å². The van der Waals surface area contributed by atoms with Crippen molar-refractivity contribution < 1.29 is 14.4 Å². The normalized spacial score (nSPS) is 13.5. The smallest absolute Gasteiger partial charge is 0.283 e. The lowest BCUT2D eigenvalue weighted by Crippen LogP contribution is -2.32. The monoisotopic (exact) mass is 465 g/mol. The predicted octanol–water partition coefficient (Wildman–Crippen LogP) is 5.05. The summed E-state index contributed by atoms with van der Waals surface area (Å²) in [6, 6.07) is 22.3. The maximum absolute atomic E-state index is 12.9. The molecule has 32 heavy (non-hydrogen) atoms. The zero-order valence-electron chi connectivity index (χ0n) is 16.9. The summed E-state index contributed by atoms with van der Waals surface area (Å²) in [6.45, 7) is 0. The molecule has 0 bridgehead atoms. The molecule has 3 aromatic carbocycles. The van der Waals surface area contributed by atoms with Gasteiger partial charge in [-0.2, -0.15) is 0 Å². The first-order chi connectivity index (χ1) is 15.4. The van der Waals surface area contributed by atoms with Crippen molar-refractivity contribution in [1.82, 2.24) is 0 Å². The lowest BCUT2D eigenvalue weighted by Gasteiger charge is -2.18. The summed E-state index contributed by atoms with van der Waals surface area (Å²) in [7, 11) is 1.69. The lowest BCUT2D eigenvalue weighted by molar-refractivity contribution is -0.120. The van der Waals surface area contributed by atoms with Gasteiger partial charge in [0.1, 0.15) is 10.7 Å². The van der Waals surface area contributed by atoms with Crippen LogP contribution in [0.3, 0.4) is 0 Å². The lowest BCUT2D eigenvalue weighted by atomic mass is 10.1. The first kappa shape index (κ1) is 21.6. The molecule has 1 aliphatic rings. The third kappa shape index (κ3) is 3.98. The third-order valence-corrected chi connectivity index (χ3v) is 5.64. The van der Waals surface area contributed by atoms with Crippen LogP contribution in [0, 0.1) is 0 Å². The number of carbonyl (C=O) groups is 3. The van der Waals surface area contributed by atoms with Crippen molar-refractivity contribution in [3.63, 3.8) is 0 Å². The van der Waals surface area contributed by atoms with E-state index >= 15 is 0 Å². The molecule has 1 N–H and O–H groups in total. The van der Waals surface area contributed by atoms with Crippen LogP contribution in [0.15, 0.2) is 89.6 Å². The second-order valence-corrected chi connectivity index (χ2v) is 7.77. The van der Waals surface area contributed by atoms with Crippen LogP contribution in [-0.4, -0.2) is 24.8 Å². The third-order valence-electron chi connectivity index (χ3n) is 4.97. The first-order valence-corrected chi connectivity index (χ1v) is 10.4. The van der Waals surface area contributed by atoms with Gasteiger partial charge in [0.25, 0.3) is 17.7 Å². The minimum atomic E-state index is -0.663. The van der Waals surface area contributed by atoms with Gasteiger partial charge >= 0.3 is 0 Å². The van der Waals surface area contributed by atoms with Crippen molar-refractivity contribution in [2.45, 2.75) is 0 Å². The number of benzene rings is 3. The van der Waals surface area contributed by atoms with Crippen molar-refractivity contribution in [2.75, 3.05) is 22.2 Å². The van der Waals surface area contributed by atoms with Gasteiger partial charge in [0.05, 0.1) is 10.7 Å². The summed E-state index contributed by atoms with van der Waals surface area (Å²) in [5, 5.41) is 2.90. The van der Waals surface area contributed by atoms with Crippen LogP contribution in [0.1, 0.15) is 10.4 Å². The molecule has 1 heterocycles. The molecular weight excluding hydrogens is 449 g/mol. The van der Waals surface area contributed by atoms with Crippen LogP contribution in [0.4, 0.5) is 17.1 Å². The van der Waals surface area contributed by atoms with Gasteiger partial charge in [-0.25, -0.2) is 4.90 Å². The van der Waals surface area contributed by atoms with Crippen molar-refractivity contribution in [3.8, 4) is 0 Å².